The summed E-state index contributed by atoms with van der Waals surface area (Å²) in [6.45, 7) is 5.00. The van der Waals surface area contributed by atoms with Crippen molar-refractivity contribution in [3.05, 3.63) is 35.5 Å². The summed E-state index contributed by atoms with van der Waals surface area (Å²) in [6.07, 6.45) is 0. The lowest BCUT2D eigenvalue weighted by Gasteiger charge is -2.30. The molecule has 0 aliphatic carbocycles. The van der Waals surface area contributed by atoms with Gasteiger partial charge >= 0.3 is 5.97 Å². The second kappa shape index (κ2) is 5.57. The number of aromatic nitrogens is 1. The molecule has 21 heavy (non-hydrogen) atoms. The van der Waals surface area contributed by atoms with Gasteiger partial charge in [0.2, 0.25) is 0 Å². The number of anilines is 1. The number of carboxylic acids is 1. The van der Waals surface area contributed by atoms with E-state index in [-0.39, 0.29) is 5.69 Å². The summed E-state index contributed by atoms with van der Waals surface area (Å²) in [4.78, 5) is 13.2. The van der Waals surface area contributed by atoms with Gasteiger partial charge in [0.1, 0.15) is 0 Å². The van der Waals surface area contributed by atoms with E-state index in [1.54, 1.807) is 0 Å². The van der Waals surface area contributed by atoms with E-state index in [4.69, 9.17) is 14.4 Å². The van der Waals surface area contributed by atoms with E-state index in [1.807, 2.05) is 19.1 Å². The average Bonchev–Trinajstić information content (AvgIpc) is 2.98. The second-order valence-electron chi connectivity index (χ2n) is 5.00. The van der Waals surface area contributed by atoms with Gasteiger partial charge in [0.05, 0.1) is 13.2 Å². The van der Waals surface area contributed by atoms with Gasteiger partial charge in [-0.1, -0.05) is 11.2 Å². The molecule has 1 aliphatic heterocycles. The zero-order valence-electron chi connectivity index (χ0n) is 11.7. The quantitative estimate of drug-likeness (QED) is 0.933. The molecule has 0 bridgehead atoms. The molecule has 6 nitrogen and oxygen atoms in total. The van der Waals surface area contributed by atoms with E-state index in [1.165, 1.54) is 6.07 Å². The van der Waals surface area contributed by atoms with E-state index in [0.29, 0.717) is 19.0 Å². The Morgan fingerprint density at radius 3 is 2.71 bits per heavy atom. The van der Waals surface area contributed by atoms with Crippen molar-refractivity contribution >= 4 is 11.7 Å². The highest BCUT2D eigenvalue weighted by Crippen LogP contribution is 2.32. The Labute approximate surface area is 121 Å². The first-order valence-electron chi connectivity index (χ1n) is 6.79. The van der Waals surface area contributed by atoms with E-state index < -0.39 is 5.97 Å². The predicted molar refractivity (Wildman–Crippen MR) is 76.7 cm³/mol. The summed E-state index contributed by atoms with van der Waals surface area (Å²) in [5.41, 5.74) is 2.92. The van der Waals surface area contributed by atoms with Crippen molar-refractivity contribution in [1.82, 2.24) is 5.16 Å². The van der Waals surface area contributed by atoms with Crippen LogP contribution in [-0.4, -0.2) is 42.5 Å². The van der Waals surface area contributed by atoms with Crippen LogP contribution in [-0.2, 0) is 4.74 Å². The molecule has 110 valence electrons. The highest BCUT2D eigenvalue weighted by Gasteiger charge is 2.19. The number of aromatic carboxylic acids is 1. The summed E-state index contributed by atoms with van der Waals surface area (Å²) >= 11 is 0. The molecule has 1 saturated heterocycles. The van der Waals surface area contributed by atoms with Crippen LogP contribution in [0.2, 0.25) is 0 Å². The molecule has 0 unspecified atom stereocenters. The van der Waals surface area contributed by atoms with Crippen molar-refractivity contribution in [2.24, 2.45) is 0 Å². The fourth-order valence-electron chi connectivity index (χ4n) is 2.42. The Morgan fingerprint density at radius 2 is 2.05 bits per heavy atom. The molecule has 1 N–H and O–H groups in total. The molecule has 0 spiro atoms. The molecule has 1 fully saturated rings. The predicted octanol–water partition coefficient (Wildman–Crippen LogP) is 2.18. The molecule has 0 atom stereocenters. The maximum absolute atomic E-state index is 10.9. The lowest BCUT2D eigenvalue weighted by atomic mass is 10.1. The third-order valence-electron chi connectivity index (χ3n) is 3.50. The Morgan fingerprint density at radius 1 is 1.29 bits per heavy atom. The Kier molecular flexibility index (Phi) is 3.62. The number of ether oxygens (including phenoxy) is 1. The molecule has 1 aliphatic rings. The molecule has 1 aromatic heterocycles. The minimum atomic E-state index is -1.09. The van der Waals surface area contributed by atoms with Crippen molar-refractivity contribution in [2.75, 3.05) is 31.2 Å². The number of aryl methyl sites for hydroxylation is 1. The fraction of sp³-hybridized carbons (Fsp3) is 0.333. The van der Waals surface area contributed by atoms with Gasteiger partial charge in [0.25, 0.3) is 0 Å². The van der Waals surface area contributed by atoms with E-state index in [2.05, 4.69) is 16.1 Å². The van der Waals surface area contributed by atoms with Crippen LogP contribution < -0.4 is 4.90 Å². The van der Waals surface area contributed by atoms with Gasteiger partial charge in [-0.05, 0) is 24.6 Å². The third-order valence-corrected chi connectivity index (χ3v) is 3.50. The molecule has 2 aromatic rings. The van der Waals surface area contributed by atoms with Crippen molar-refractivity contribution in [3.8, 4) is 11.3 Å². The van der Waals surface area contributed by atoms with Crippen molar-refractivity contribution in [2.45, 2.75) is 6.92 Å². The number of carboxylic acid groups (broad SMARTS) is 1. The second-order valence-corrected chi connectivity index (χ2v) is 5.00. The first kappa shape index (κ1) is 13.6. The average molecular weight is 288 g/mol. The normalized spacial score (nSPS) is 15.2. The standard InChI is InChI=1S/C15H16N2O4/c1-10-2-3-11(14-9-12(15(18)19)16-21-14)13(8-10)17-4-6-20-7-5-17/h2-3,8-9H,4-7H2,1H3,(H,18,19). The largest absolute Gasteiger partial charge is 0.476 e. The van der Waals surface area contributed by atoms with Crippen LogP contribution in [0, 0.1) is 6.92 Å². The van der Waals surface area contributed by atoms with Gasteiger partial charge in [0.15, 0.2) is 11.5 Å². The minimum absolute atomic E-state index is 0.0847. The smallest absolute Gasteiger partial charge is 0.358 e. The number of rotatable bonds is 3. The highest BCUT2D eigenvalue weighted by molar-refractivity contribution is 5.87. The van der Waals surface area contributed by atoms with Crippen LogP contribution in [0.3, 0.4) is 0 Å². The van der Waals surface area contributed by atoms with Gasteiger partial charge < -0.3 is 19.3 Å². The van der Waals surface area contributed by atoms with Crippen molar-refractivity contribution in [3.63, 3.8) is 0 Å². The number of morpholine rings is 1. The summed E-state index contributed by atoms with van der Waals surface area (Å²) in [5, 5.41) is 12.5. The Bertz CT molecular complexity index is 659. The number of hydrogen-bond donors (Lipinski definition) is 1. The minimum Gasteiger partial charge on any atom is -0.476 e. The fourth-order valence-corrected chi connectivity index (χ4v) is 2.42. The third kappa shape index (κ3) is 2.75. The van der Waals surface area contributed by atoms with Gasteiger partial charge in [0, 0.05) is 30.4 Å². The van der Waals surface area contributed by atoms with Crippen LogP contribution in [0.5, 0.6) is 0 Å². The summed E-state index contributed by atoms with van der Waals surface area (Å²) in [7, 11) is 0. The summed E-state index contributed by atoms with van der Waals surface area (Å²) in [6, 6.07) is 7.44. The highest BCUT2D eigenvalue weighted by atomic mass is 16.5. The van der Waals surface area contributed by atoms with Crippen LogP contribution in [0.25, 0.3) is 11.3 Å². The topological polar surface area (TPSA) is 75.8 Å². The molecule has 0 saturated carbocycles. The van der Waals surface area contributed by atoms with Gasteiger partial charge in [-0.25, -0.2) is 4.79 Å². The first-order chi connectivity index (χ1) is 10.1. The van der Waals surface area contributed by atoms with E-state index in [0.717, 1.165) is 29.9 Å². The number of nitrogens with zero attached hydrogens (tertiary/aromatic N) is 2. The molecule has 3 rings (SSSR count). The van der Waals surface area contributed by atoms with E-state index in [9.17, 15) is 4.79 Å². The lowest BCUT2D eigenvalue weighted by molar-refractivity contribution is 0.0686. The zero-order chi connectivity index (χ0) is 14.8. The maximum Gasteiger partial charge on any atom is 0.358 e. The van der Waals surface area contributed by atoms with Crippen molar-refractivity contribution < 1.29 is 19.2 Å². The Hall–Kier alpha value is -2.34. The van der Waals surface area contributed by atoms with Gasteiger partial charge in [-0.15, -0.1) is 0 Å². The zero-order valence-corrected chi connectivity index (χ0v) is 11.7. The summed E-state index contributed by atoms with van der Waals surface area (Å²) < 4.78 is 10.6. The number of benzene rings is 1. The molecule has 6 heteroatoms. The molecule has 0 amide bonds. The van der Waals surface area contributed by atoms with Gasteiger partial charge in [-0.2, -0.15) is 0 Å². The lowest BCUT2D eigenvalue weighted by Crippen LogP contribution is -2.36. The Balaban J connectivity index is 2.02. The molecule has 2 heterocycles. The number of carbonyl (C=O) groups is 1. The summed E-state index contributed by atoms with van der Waals surface area (Å²) in [5.74, 6) is -0.626. The first-order valence-corrected chi connectivity index (χ1v) is 6.79. The molecule has 0 radical (unpaired) electrons. The maximum atomic E-state index is 10.9. The van der Waals surface area contributed by atoms with Crippen molar-refractivity contribution in [1.29, 1.82) is 0 Å². The van der Waals surface area contributed by atoms with Gasteiger partial charge in [-0.3, -0.25) is 0 Å². The molecular formula is C15H16N2O4. The monoisotopic (exact) mass is 288 g/mol. The van der Waals surface area contributed by atoms with Crippen LogP contribution in [0.4, 0.5) is 5.69 Å². The molecular weight excluding hydrogens is 272 g/mol. The van der Waals surface area contributed by atoms with Crippen LogP contribution >= 0.6 is 0 Å². The van der Waals surface area contributed by atoms with Crippen LogP contribution in [0.1, 0.15) is 16.1 Å². The van der Waals surface area contributed by atoms with E-state index >= 15 is 0 Å². The SMILES string of the molecule is Cc1ccc(-c2cc(C(=O)O)no2)c(N2CCOCC2)c1. The number of hydrogen-bond acceptors (Lipinski definition) is 5. The van der Waals surface area contributed by atoms with Crippen LogP contribution in [0.15, 0.2) is 28.8 Å². The molecule has 1 aromatic carbocycles.